The molecule has 3 aromatic rings. The average Bonchev–Trinajstić information content (AvgIpc) is 3.21. The highest BCUT2D eigenvalue weighted by atomic mass is 16.5. The number of nitrogens with zero attached hydrogens (tertiary/aromatic N) is 3. The standard InChI is InChI=1S/C20H22N4O2/c1-12-7-13(2)9-15(8-12)24-19-6-4-5-17(16(19)11-21-24)22-20(25)18-10-14(3)26-23-18/h7-11,17H,4-6H2,1-3H3,(H,22,25)/t17-/m1/s1. The molecular formula is C20H22N4O2. The Morgan fingerprint density at radius 3 is 2.65 bits per heavy atom. The van der Waals surface area contributed by atoms with E-state index in [4.69, 9.17) is 4.52 Å². The molecular weight excluding hydrogens is 328 g/mol. The van der Waals surface area contributed by atoms with Crippen LogP contribution in [0.25, 0.3) is 5.69 Å². The van der Waals surface area contributed by atoms with Gasteiger partial charge in [0.25, 0.3) is 5.91 Å². The van der Waals surface area contributed by atoms with Crippen LogP contribution in [0.2, 0.25) is 0 Å². The van der Waals surface area contributed by atoms with Crippen molar-refractivity contribution in [3.8, 4) is 5.69 Å². The number of aromatic nitrogens is 3. The van der Waals surface area contributed by atoms with Crippen LogP contribution in [-0.2, 0) is 6.42 Å². The summed E-state index contributed by atoms with van der Waals surface area (Å²) in [6.07, 6.45) is 4.74. The molecule has 6 nitrogen and oxygen atoms in total. The number of hydrogen-bond donors (Lipinski definition) is 1. The maximum absolute atomic E-state index is 12.4. The highest BCUT2D eigenvalue weighted by molar-refractivity contribution is 5.92. The molecule has 0 aliphatic heterocycles. The fourth-order valence-corrected chi connectivity index (χ4v) is 3.71. The number of rotatable bonds is 3. The summed E-state index contributed by atoms with van der Waals surface area (Å²) in [5.74, 6) is 0.418. The predicted octanol–water partition coefficient (Wildman–Crippen LogP) is 3.59. The van der Waals surface area contributed by atoms with Crippen LogP contribution >= 0.6 is 0 Å². The molecule has 1 atom stereocenters. The maximum Gasteiger partial charge on any atom is 0.273 e. The zero-order chi connectivity index (χ0) is 18.3. The van der Waals surface area contributed by atoms with Crippen LogP contribution in [0.4, 0.5) is 0 Å². The number of aryl methyl sites for hydroxylation is 3. The van der Waals surface area contributed by atoms with Crippen LogP contribution in [0.15, 0.2) is 35.0 Å². The van der Waals surface area contributed by atoms with E-state index in [1.165, 1.54) is 16.8 Å². The second-order valence-electron chi connectivity index (χ2n) is 7.05. The zero-order valence-electron chi connectivity index (χ0n) is 15.2. The van der Waals surface area contributed by atoms with Gasteiger partial charge in [-0.15, -0.1) is 0 Å². The molecule has 2 aromatic heterocycles. The van der Waals surface area contributed by atoms with E-state index in [1.807, 2.05) is 10.9 Å². The minimum atomic E-state index is -0.209. The second kappa shape index (κ2) is 6.44. The van der Waals surface area contributed by atoms with Crippen LogP contribution in [0, 0.1) is 20.8 Å². The van der Waals surface area contributed by atoms with Crippen LogP contribution in [0.1, 0.15) is 57.5 Å². The van der Waals surface area contributed by atoms with Crippen molar-refractivity contribution in [2.75, 3.05) is 0 Å². The number of amides is 1. The molecule has 1 amide bonds. The Hall–Kier alpha value is -2.89. The third-order valence-electron chi connectivity index (χ3n) is 4.80. The van der Waals surface area contributed by atoms with Crippen molar-refractivity contribution in [3.05, 3.63) is 64.3 Å². The molecule has 0 spiro atoms. The summed E-state index contributed by atoms with van der Waals surface area (Å²) in [6, 6.07) is 8.03. The maximum atomic E-state index is 12.4. The van der Waals surface area contributed by atoms with Gasteiger partial charge in [-0.2, -0.15) is 5.10 Å². The van der Waals surface area contributed by atoms with E-state index in [0.29, 0.717) is 11.5 Å². The number of nitrogens with one attached hydrogen (secondary N) is 1. The number of carbonyl (C=O) groups excluding carboxylic acids is 1. The van der Waals surface area contributed by atoms with Crippen LogP contribution in [-0.4, -0.2) is 20.8 Å². The highest BCUT2D eigenvalue weighted by Crippen LogP contribution is 2.31. The molecule has 1 aliphatic carbocycles. The second-order valence-corrected chi connectivity index (χ2v) is 7.05. The lowest BCUT2D eigenvalue weighted by Gasteiger charge is -2.24. The van der Waals surface area contributed by atoms with Gasteiger partial charge in [0.15, 0.2) is 5.69 Å². The van der Waals surface area contributed by atoms with Gasteiger partial charge in [-0.1, -0.05) is 11.2 Å². The lowest BCUT2D eigenvalue weighted by molar-refractivity contribution is 0.0923. The first kappa shape index (κ1) is 16.6. The smallest absolute Gasteiger partial charge is 0.273 e. The molecule has 0 saturated heterocycles. The van der Waals surface area contributed by atoms with Gasteiger partial charge in [-0.25, -0.2) is 4.68 Å². The summed E-state index contributed by atoms with van der Waals surface area (Å²) >= 11 is 0. The number of benzene rings is 1. The van der Waals surface area contributed by atoms with Crippen molar-refractivity contribution >= 4 is 5.91 Å². The van der Waals surface area contributed by atoms with E-state index in [-0.39, 0.29) is 11.9 Å². The van der Waals surface area contributed by atoms with Gasteiger partial charge < -0.3 is 9.84 Å². The number of fused-ring (bicyclic) bond motifs is 1. The van der Waals surface area contributed by atoms with Crippen LogP contribution in [0.3, 0.4) is 0 Å². The average molecular weight is 350 g/mol. The molecule has 1 aromatic carbocycles. The van der Waals surface area contributed by atoms with Crippen LogP contribution in [0.5, 0.6) is 0 Å². The Kier molecular flexibility index (Phi) is 4.11. The summed E-state index contributed by atoms with van der Waals surface area (Å²) in [5, 5.41) is 11.5. The van der Waals surface area contributed by atoms with Crippen LogP contribution < -0.4 is 5.32 Å². The molecule has 26 heavy (non-hydrogen) atoms. The van der Waals surface area contributed by atoms with Gasteiger partial charge in [0.1, 0.15) is 5.76 Å². The normalized spacial score (nSPS) is 16.3. The molecule has 6 heteroatoms. The first-order valence-electron chi connectivity index (χ1n) is 8.91. The molecule has 0 radical (unpaired) electrons. The van der Waals surface area contributed by atoms with E-state index >= 15 is 0 Å². The fourth-order valence-electron chi connectivity index (χ4n) is 3.71. The van der Waals surface area contributed by atoms with E-state index in [1.54, 1.807) is 13.0 Å². The van der Waals surface area contributed by atoms with E-state index in [0.717, 1.165) is 30.5 Å². The quantitative estimate of drug-likeness (QED) is 0.783. The first-order valence-corrected chi connectivity index (χ1v) is 8.91. The first-order chi connectivity index (χ1) is 12.5. The molecule has 0 saturated carbocycles. The van der Waals surface area contributed by atoms with Crippen molar-refractivity contribution in [2.45, 2.75) is 46.1 Å². The number of hydrogen-bond acceptors (Lipinski definition) is 4. The van der Waals surface area contributed by atoms with Crippen molar-refractivity contribution < 1.29 is 9.32 Å². The van der Waals surface area contributed by atoms with Crippen molar-refractivity contribution in [1.82, 2.24) is 20.3 Å². The SMILES string of the molecule is Cc1cc(C)cc(-n2ncc3c2CCC[C@H]3NC(=O)c2cc(C)on2)c1. The summed E-state index contributed by atoms with van der Waals surface area (Å²) in [6.45, 7) is 5.96. The van der Waals surface area contributed by atoms with Crippen molar-refractivity contribution in [2.24, 2.45) is 0 Å². The van der Waals surface area contributed by atoms with Gasteiger partial charge in [0.2, 0.25) is 0 Å². The van der Waals surface area contributed by atoms with Gasteiger partial charge in [-0.3, -0.25) is 4.79 Å². The van der Waals surface area contributed by atoms with Crippen molar-refractivity contribution in [3.63, 3.8) is 0 Å². The van der Waals surface area contributed by atoms with Gasteiger partial charge >= 0.3 is 0 Å². The third kappa shape index (κ3) is 3.03. The molecule has 4 rings (SSSR count). The van der Waals surface area contributed by atoms with E-state index < -0.39 is 0 Å². The molecule has 1 aliphatic rings. The molecule has 2 heterocycles. The molecule has 0 fully saturated rings. The third-order valence-corrected chi connectivity index (χ3v) is 4.80. The number of carbonyl (C=O) groups is 1. The lowest BCUT2D eigenvalue weighted by Crippen LogP contribution is -2.31. The predicted molar refractivity (Wildman–Crippen MR) is 97.4 cm³/mol. The Morgan fingerprint density at radius 2 is 1.96 bits per heavy atom. The summed E-state index contributed by atoms with van der Waals surface area (Å²) in [5.41, 5.74) is 6.07. The van der Waals surface area contributed by atoms with Gasteiger partial charge in [0.05, 0.1) is 17.9 Å². The molecule has 0 bridgehead atoms. The highest BCUT2D eigenvalue weighted by Gasteiger charge is 2.27. The topological polar surface area (TPSA) is 73.0 Å². The van der Waals surface area contributed by atoms with Gasteiger partial charge in [-0.05, 0) is 63.3 Å². The zero-order valence-corrected chi connectivity index (χ0v) is 15.2. The lowest BCUT2D eigenvalue weighted by atomic mass is 9.92. The Balaban J connectivity index is 1.63. The summed E-state index contributed by atoms with van der Waals surface area (Å²) in [4.78, 5) is 12.4. The minimum absolute atomic E-state index is 0.0529. The summed E-state index contributed by atoms with van der Waals surface area (Å²) < 4.78 is 7.01. The monoisotopic (exact) mass is 350 g/mol. The van der Waals surface area contributed by atoms with E-state index in [9.17, 15) is 4.79 Å². The molecule has 0 unspecified atom stereocenters. The largest absolute Gasteiger partial charge is 0.361 e. The Labute approximate surface area is 152 Å². The Bertz CT molecular complexity index is 950. The summed E-state index contributed by atoms with van der Waals surface area (Å²) in [7, 11) is 0. The Morgan fingerprint density at radius 1 is 1.19 bits per heavy atom. The van der Waals surface area contributed by atoms with E-state index in [2.05, 4.69) is 47.6 Å². The van der Waals surface area contributed by atoms with Gasteiger partial charge in [0, 0.05) is 17.3 Å². The molecule has 1 N–H and O–H groups in total. The minimum Gasteiger partial charge on any atom is -0.361 e. The fraction of sp³-hybridized carbons (Fsp3) is 0.350. The molecule has 134 valence electrons. The van der Waals surface area contributed by atoms with Crippen molar-refractivity contribution in [1.29, 1.82) is 0 Å².